The molecule has 17 heavy (non-hydrogen) atoms. The van der Waals surface area contributed by atoms with Crippen molar-refractivity contribution in [1.82, 2.24) is 10.3 Å². The number of nitrogens with zero attached hydrogens (tertiary/aromatic N) is 1. The number of carbonyl (C=O) groups is 1. The number of thioether (sulfide) groups is 1. The number of pyridine rings is 1. The first-order valence-corrected chi connectivity index (χ1v) is 7.36. The maximum absolute atomic E-state index is 11.7. The summed E-state index contributed by atoms with van der Waals surface area (Å²) in [6.45, 7) is 4.76. The molecule has 0 aliphatic carbocycles. The summed E-state index contributed by atoms with van der Waals surface area (Å²) in [4.78, 5) is 16.0. The molecule has 0 spiro atoms. The molecule has 1 aromatic rings. The molecule has 1 N–H and O–H groups in total. The normalized spacial score (nSPS) is 12.2. The second-order valence-electron chi connectivity index (χ2n) is 3.72. The fraction of sp³-hybridized carbons (Fsp3) is 0.500. The highest BCUT2D eigenvalue weighted by Crippen LogP contribution is 2.22. The summed E-state index contributed by atoms with van der Waals surface area (Å²) in [5, 5.41) is 3.67. The van der Waals surface area contributed by atoms with Crippen molar-refractivity contribution >= 4 is 33.6 Å². The lowest BCUT2D eigenvalue weighted by Gasteiger charge is -2.11. The Morgan fingerprint density at radius 1 is 1.59 bits per heavy atom. The van der Waals surface area contributed by atoms with Gasteiger partial charge in [-0.25, -0.2) is 4.98 Å². The zero-order valence-electron chi connectivity index (χ0n) is 10.1. The third-order valence-corrected chi connectivity index (χ3v) is 3.72. The Kier molecular flexibility index (Phi) is 6.58. The van der Waals surface area contributed by atoms with Crippen LogP contribution in [0.3, 0.4) is 0 Å². The third kappa shape index (κ3) is 5.55. The van der Waals surface area contributed by atoms with Crippen molar-refractivity contribution < 1.29 is 4.79 Å². The van der Waals surface area contributed by atoms with Gasteiger partial charge in [0, 0.05) is 17.2 Å². The van der Waals surface area contributed by atoms with Crippen molar-refractivity contribution in [1.29, 1.82) is 0 Å². The maximum Gasteiger partial charge on any atom is 0.233 e. The van der Waals surface area contributed by atoms with Crippen molar-refractivity contribution in [3.8, 4) is 0 Å². The van der Waals surface area contributed by atoms with E-state index in [0.29, 0.717) is 0 Å². The van der Waals surface area contributed by atoms with Gasteiger partial charge in [0.05, 0.1) is 10.3 Å². The number of hydrogen-bond donors (Lipinski definition) is 1. The van der Waals surface area contributed by atoms with Gasteiger partial charge in [-0.15, -0.1) is 0 Å². The number of rotatable bonds is 6. The van der Waals surface area contributed by atoms with Gasteiger partial charge in [-0.2, -0.15) is 0 Å². The van der Waals surface area contributed by atoms with Crippen LogP contribution in [0.5, 0.6) is 0 Å². The molecule has 0 saturated carbocycles. The van der Waals surface area contributed by atoms with E-state index in [9.17, 15) is 4.79 Å². The van der Waals surface area contributed by atoms with Crippen LogP contribution in [0, 0.1) is 0 Å². The van der Waals surface area contributed by atoms with Crippen LogP contribution in [-0.2, 0) is 4.79 Å². The zero-order valence-corrected chi connectivity index (χ0v) is 12.5. The average molecular weight is 317 g/mol. The molecule has 1 rings (SSSR count). The average Bonchev–Trinajstić information content (AvgIpc) is 2.32. The predicted molar refractivity (Wildman–Crippen MR) is 75.2 cm³/mol. The number of halogens is 1. The Labute approximate surface area is 115 Å². The van der Waals surface area contributed by atoms with Gasteiger partial charge in [-0.1, -0.05) is 25.1 Å². The molecule has 0 bridgehead atoms. The number of unbranched alkanes of at least 4 members (excludes halogenated alkanes) is 1. The number of amides is 1. The summed E-state index contributed by atoms with van der Waals surface area (Å²) >= 11 is 4.81. The first-order valence-electron chi connectivity index (χ1n) is 5.69. The van der Waals surface area contributed by atoms with Crippen LogP contribution in [0.15, 0.2) is 27.8 Å². The molecule has 1 atom stereocenters. The van der Waals surface area contributed by atoms with Crippen molar-refractivity contribution in [2.24, 2.45) is 0 Å². The summed E-state index contributed by atoms with van der Waals surface area (Å²) in [6.07, 6.45) is 3.86. The van der Waals surface area contributed by atoms with Gasteiger partial charge in [-0.3, -0.25) is 4.79 Å². The Morgan fingerprint density at radius 2 is 2.35 bits per heavy atom. The molecule has 1 heterocycles. The van der Waals surface area contributed by atoms with Gasteiger partial charge < -0.3 is 5.32 Å². The van der Waals surface area contributed by atoms with Crippen LogP contribution in [0.2, 0.25) is 0 Å². The van der Waals surface area contributed by atoms with Crippen LogP contribution in [0.25, 0.3) is 0 Å². The van der Waals surface area contributed by atoms with E-state index in [1.807, 2.05) is 19.1 Å². The van der Waals surface area contributed by atoms with Crippen molar-refractivity contribution in [2.45, 2.75) is 37.0 Å². The molecule has 94 valence electrons. The van der Waals surface area contributed by atoms with Gasteiger partial charge in [0.15, 0.2) is 0 Å². The smallest absolute Gasteiger partial charge is 0.233 e. The van der Waals surface area contributed by atoms with Crippen LogP contribution >= 0.6 is 27.7 Å². The maximum atomic E-state index is 11.7. The summed E-state index contributed by atoms with van der Waals surface area (Å²) in [7, 11) is 0. The zero-order chi connectivity index (χ0) is 12.7. The van der Waals surface area contributed by atoms with Gasteiger partial charge in [-0.05, 0) is 41.4 Å². The number of aromatic nitrogens is 1. The molecule has 1 amide bonds. The summed E-state index contributed by atoms with van der Waals surface area (Å²) < 4.78 is 0.946. The number of nitrogens with one attached hydrogen (secondary N) is 1. The molecule has 0 saturated heterocycles. The first kappa shape index (κ1) is 14.5. The molecular formula is C12H17BrN2OS. The number of carbonyl (C=O) groups excluding carboxylic acids is 1. The Balaban J connectivity index is 2.40. The van der Waals surface area contributed by atoms with Crippen LogP contribution < -0.4 is 5.32 Å². The second kappa shape index (κ2) is 7.71. The lowest BCUT2D eigenvalue weighted by atomic mass is 10.3. The van der Waals surface area contributed by atoms with E-state index in [2.05, 4.69) is 33.2 Å². The third-order valence-electron chi connectivity index (χ3n) is 2.20. The second-order valence-corrected chi connectivity index (χ2v) is 6.00. The molecule has 1 aromatic heterocycles. The fourth-order valence-corrected chi connectivity index (χ4v) is 2.25. The van der Waals surface area contributed by atoms with E-state index in [-0.39, 0.29) is 11.2 Å². The molecule has 0 aromatic carbocycles. The minimum atomic E-state index is -0.111. The molecular weight excluding hydrogens is 300 g/mol. The number of hydrogen-bond acceptors (Lipinski definition) is 3. The van der Waals surface area contributed by atoms with Crippen LogP contribution in [0.4, 0.5) is 0 Å². The lowest BCUT2D eigenvalue weighted by molar-refractivity contribution is -0.120. The molecule has 0 radical (unpaired) electrons. The topological polar surface area (TPSA) is 42.0 Å². The molecule has 0 fully saturated rings. The van der Waals surface area contributed by atoms with Crippen molar-refractivity contribution in [3.63, 3.8) is 0 Å². The first-order chi connectivity index (χ1) is 8.13. The summed E-state index contributed by atoms with van der Waals surface area (Å²) in [6, 6.07) is 3.83. The van der Waals surface area contributed by atoms with Gasteiger partial charge >= 0.3 is 0 Å². The molecule has 0 aliphatic heterocycles. The summed E-state index contributed by atoms with van der Waals surface area (Å²) in [5.74, 6) is 0.0770. The lowest BCUT2D eigenvalue weighted by Crippen LogP contribution is -2.31. The van der Waals surface area contributed by atoms with E-state index in [1.54, 1.807) is 6.20 Å². The Bertz CT molecular complexity index is 356. The molecule has 1 unspecified atom stereocenters. The highest BCUT2D eigenvalue weighted by Gasteiger charge is 2.14. The van der Waals surface area contributed by atoms with Crippen LogP contribution in [0.1, 0.15) is 26.7 Å². The van der Waals surface area contributed by atoms with E-state index in [4.69, 9.17) is 0 Å². The quantitative estimate of drug-likeness (QED) is 0.647. The van der Waals surface area contributed by atoms with Crippen LogP contribution in [-0.4, -0.2) is 22.7 Å². The monoisotopic (exact) mass is 316 g/mol. The van der Waals surface area contributed by atoms with Crippen molar-refractivity contribution in [3.05, 3.63) is 22.8 Å². The van der Waals surface area contributed by atoms with Gasteiger partial charge in [0.2, 0.25) is 5.91 Å². The largest absolute Gasteiger partial charge is 0.355 e. The van der Waals surface area contributed by atoms with E-state index in [1.165, 1.54) is 11.8 Å². The standard InChI is InChI=1S/C12H17BrN2OS/c1-3-4-7-14-12(16)9(2)17-11-6-5-10(13)8-15-11/h5-6,8-9H,3-4,7H2,1-2H3,(H,14,16). The van der Waals surface area contributed by atoms with E-state index >= 15 is 0 Å². The van der Waals surface area contributed by atoms with E-state index in [0.717, 1.165) is 28.9 Å². The fourth-order valence-electron chi connectivity index (χ4n) is 1.20. The molecule has 3 nitrogen and oxygen atoms in total. The van der Waals surface area contributed by atoms with E-state index < -0.39 is 0 Å². The highest BCUT2D eigenvalue weighted by molar-refractivity contribution is 9.10. The van der Waals surface area contributed by atoms with Gasteiger partial charge in [0.25, 0.3) is 0 Å². The Hall–Kier alpha value is -0.550. The SMILES string of the molecule is CCCCNC(=O)C(C)Sc1ccc(Br)cn1. The highest BCUT2D eigenvalue weighted by atomic mass is 79.9. The Morgan fingerprint density at radius 3 is 2.94 bits per heavy atom. The minimum Gasteiger partial charge on any atom is -0.355 e. The summed E-state index contributed by atoms with van der Waals surface area (Å²) in [5.41, 5.74) is 0. The van der Waals surface area contributed by atoms with Crippen molar-refractivity contribution in [2.75, 3.05) is 6.54 Å². The predicted octanol–water partition coefficient (Wildman–Crippen LogP) is 3.24. The molecule has 5 heteroatoms. The minimum absolute atomic E-state index is 0.0770. The van der Waals surface area contributed by atoms with Gasteiger partial charge in [0.1, 0.15) is 0 Å². The molecule has 0 aliphatic rings.